The number of benzene rings is 10. The van der Waals surface area contributed by atoms with E-state index in [1.165, 1.54) is 22.7 Å². The molecule has 38 heteroatoms. The number of hydrogen-bond acceptors (Lipinski definition) is 25. The van der Waals surface area contributed by atoms with E-state index < -0.39 is 0 Å². The molecule has 0 unspecified atom stereocenters. The molecule has 0 aliphatic carbocycles. The molecule has 0 atom stereocenters. The Morgan fingerprint density at radius 1 is 0.193 bits per heavy atom. The Balaban J connectivity index is 0.000000126. The molecule has 25 rings (SSSR count). The van der Waals surface area contributed by atoms with Crippen LogP contribution >= 0.6 is 22.7 Å². The molecule has 0 aliphatic rings. The van der Waals surface area contributed by atoms with E-state index in [-0.39, 0.29) is 92.1 Å². The summed E-state index contributed by atoms with van der Waals surface area (Å²) in [5.74, 6) is 2.58. The minimum absolute atomic E-state index is 0. The number of hydrogen-bond donors (Lipinski definition) is 0. The van der Waals surface area contributed by atoms with Gasteiger partial charge in [-0.25, -0.2) is 29.9 Å². The molecule has 0 N–H and O–H groups in total. The number of aromatic nitrogens is 33. The first-order chi connectivity index (χ1) is 65.2. The summed E-state index contributed by atoms with van der Waals surface area (Å²) in [5, 5.41) is 3.59. The van der Waals surface area contributed by atoms with Crippen LogP contribution in [0.4, 0.5) is 0 Å². The van der Waals surface area contributed by atoms with Crippen molar-refractivity contribution in [2.24, 2.45) is 0 Å². The second kappa shape index (κ2) is 38.4. The number of nitrogens with zero attached hydrogens (tertiary/aromatic N) is 33. The molecule has 0 saturated carbocycles. The predicted octanol–water partition coefficient (Wildman–Crippen LogP) is 17.1. The standard InChI is InChI=1S/C37H23N11.C36H22N12.C24H12N10S2.3Pt/c1-5-13-24(14-6-1)28-21-29-38-30-22-47(26-17-9-3-10-18-26)37(41-30)46-34-32(25-15-7-2-8-16-25)43-35(44-34)40-31-23-48(27-19-11-4-12-20-27)36(42-31)45-33(28)39-29;1-5-13-23(14-6-1)29-31-37-27-21-47(25-17-9-3-10-18-25)36(39-27)46-34-42-30(24-15-7-2-8-16-24)32(44-34)38-28-22-48(26-19-11-4-12-20-26)35(40-28)45-33(41-29)43-31;1-3-7-13(8-4-1)17-19-31-21(29-17)25-15-11-36-24(28-15)34-20-18(14-9-5-2-6-10-14)30-22(32-20)26-16-12-35-23(27-16)33-19;;;/h1-23H;1-22H;1-12H;;;/q3*-2;3*+2. The molecule has 0 radical (unpaired) electrons. The van der Waals surface area contributed by atoms with Gasteiger partial charge in [-0.15, -0.1) is 22.7 Å². The maximum absolute atomic E-state index is 4.99. The van der Waals surface area contributed by atoms with Gasteiger partial charge in [-0.05, 0) is 93.5 Å². The van der Waals surface area contributed by atoms with Gasteiger partial charge in [0, 0.05) is 98.1 Å². The minimum Gasteiger partial charge on any atom is -0.358 e. The largest absolute Gasteiger partial charge is 2.00 e. The van der Waals surface area contributed by atoms with Gasteiger partial charge in [-0.3, -0.25) is 43.2 Å². The van der Waals surface area contributed by atoms with Crippen molar-refractivity contribution in [2.75, 3.05) is 0 Å². The Hall–Kier alpha value is -16.7. The summed E-state index contributed by atoms with van der Waals surface area (Å²) in [4.78, 5) is 138. The number of rotatable bonds is 10. The van der Waals surface area contributed by atoms with Gasteiger partial charge in [0.15, 0.2) is 33.0 Å². The summed E-state index contributed by atoms with van der Waals surface area (Å²) in [7, 11) is 0. The molecule has 15 heterocycles. The van der Waals surface area contributed by atoms with Crippen LogP contribution in [-0.2, 0) is 63.2 Å². The Kier molecular flexibility index (Phi) is 24.5. The smallest absolute Gasteiger partial charge is 0.358 e. The van der Waals surface area contributed by atoms with Crippen molar-refractivity contribution in [1.29, 1.82) is 0 Å². The molecule has 0 fully saturated rings. The van der Waals surface area contributed by atoms with E-state index >= 15 is 0 Å². The van der Waals surface area contributed by atoms with Crippen molar-refractivity contribution in [3.8, 4) is 90.2 Å². The Morgan fingerprint density at radius 2 is 0.437 bits per heavy atom. The quantitative estimate of drug-likeness (QED) is 0.123. The van der Waals surface area contributed by atoms with E-state index in [1.54, 1.807) is 23.2 Å². The molecular weight excluding hydrogens is 2280 g/mol. The average molecular weight is 2330 g/mol. The monoisotopic (exact) mass is 2330 g/mol. The van der Waals surface area contributed by atoms with Crippen LogP contribution in [0.2, 0.25) is 0 Å². The van der Waals surface area contributed by atoms with Gasteiger partial charge in [0.05, 0.1) is 57.1 Å². The maximum Gasteiger partial charge on any atom is 2.00 e. The van der Waals surface area contributed by atoms with Gasteiger partial charge in [0.25, 0.3) is 0 Å². The Bertz CT molecular complexity index is 8040. The van der Waals surface area contributed by atoms with Gasteiger partial charge in [-0.2, -0.15) is 0 Å². The number of thiazole rings is 2. The maximum atomic E-state index is 4.99. The van der Waals surface area contributed by atoms with Gasteiger partial charge in [-0.1, -0.05) is 255 Å². The topological polar surface area (TPSA) is 401 Å². The first-order valence-corrected chi connectivity index (χ1v) is 42.8. The summed E-state index contributed by atoms with van der Waals surface area (Å²) in [5.41, 5.74) is 17.7. The molecule has 0 saturated heterocycles. The molecule has 15 aromatic heterocycles. The summed E-state index contributed by atoms with van der Waals surface area (Å²) < 4.78 is 7.42. The van der Waals surface area contributed by atoms with Crippen LogP contribution < -0.4 is 29.9 Å². The normalized spacial score (nSPS) is 11.1. The fraction of sp³-hybridized carbons (Fsp3) is 0. The van der Waals surface area contributed by atoms with Crippen molar-refractivity contribution in [2.45, 2.75) is 0 Å². The van der Waals surface area contributed by atoms with Crippen molar-refractivity contribution < 1.29 is 63.2 Å². The van der Waals surface area contributed by atoms with Gasteiger partial charge < -0.3 is 89.7 Å². The first-order valence-electron chi connectivity index (χ1n) is 41.1. The summed E-state index contributed by atoms with van der Waals surface area (Å²) in [6, 6.07) is 99.8. The van der Waals surface area contributed by atoms with Crippen molar-refractivity contribution in [3.63, 3.8) is 0 Å². The fourth-order valence-corrected chi connectivity index (χ4v) is 15.8. The predicted molar refractivity (Wildman–Crippen MR) is 504 cm³/mol. The van der Waals surface area contributed by atoms with Crippen LogP contribution in [0.3, 0.4) is 0 Å². The molecule has 0 aliphatic heterocycles. The molecule has 135 heavy (non-hydrogen) atoms. The molecule has 25 aromatic rings. The number of fused-ring (bicyclic) bond motifs is 24. The Morgan fingerprint density at radius 3 is 0.756 bits per heavy atom. The van der Waals surface area contributed by atoms with E-state index in [9.17, 15) is 0 Å². The second-order valence-corrected chi connectivity index (χ2v) is 30.9. The van der Waals surface area contributed by atoms with E-state index in [0.29, 0.717) is 135 Å². The van der Waals surface area contributed by atoms with Gasteiger partial charge in [0.1, 0.15) is 33.9 Å². The molecule has 0 spiro atoms. The third-order valence-corrected chi connectivity index (χ3v) is 22.0. The van der Waals surface area contributed by atoms with Crippen LogP contribution in [0.15, 0.2) is 345 Å². The summed E-state index contributed by atoms with van der Waals surface area (Å²) in [6.07, 6.45) is 7.24. The molecule has 652 valence electrons. The van der Waals surface area contributed by atoms with Crippen LogP contribution in [0, 0.1) is 0 Å². The zero-order chi connectivity index (χ0) is 87.6. The van der Waals surface area contributed by atoms with Crippen LogP contribution in [0.1, 0.15) is 0 Å². The van der Waals surface area contributed by atoms with Crippen LogP contribution in [0.25, 0.3) is 225 Å². The van der Waals surface area contributed by atoms with E-state index in [4.69, 9.17) is 94.7 Å². The third kappa shape index (κ3) is 18.6. The number of para-hydroxylation sites is 4. The van der Waals surface area contributed by atoms with Gasteiger partial charge >= 0.3 is 63.2 Å². The zero-order valence-electron chi connectivity index (χ0n) is 69.4. The first kappa shape index (κ1) is 86.3. The van der Waals surface area contributed by atoms with E-state index in [0.717, 1.165) is 61.7 Å². The van der Waals surface area contributed by atoms with Crippen LogP contribution in [-0.4, -0.2) is 133 Å². The molecule has 33 nitrogen and oxygen atoms in total. The molecule has 0 amide bonds. The van der Waals surface area contributed by atoms with Crippen LogP contribution in [0.5, 0.6) is 0 Å². The van der Waals surface area contributed by atoms with E-state index in [2.05, 4.69) is 49.8 Å². The summed E-state index contributed by atoms with van der Waals surface area (Å²) >= 11 is 2.68. The molecule has 10 aromatic carbocycles. The molecule has 24 bridgehead atoms. The molecular formula is C97H57N33Pt3S2. The average Bonchev–Trinajstić information content (AvgIpc) is 1.64. The minimum atomic E-state index is 0. The van der Waals surface area contributed by atoms with Crippen molar-refractivity contribution >= 4 is 158 Å². The SMILES string of the molecule is [Pt+2].[Pt+2].[Pt+2].c1ccc(-c2cc3nc4cn(-c5ccccc5)c(n4)nc4[n-]c(nc4-c4ccccc4)nc4cn(-c5ccccc5)c(n4)nc2[n-]3)cc1.c1ccc(-c2nc3nc4csc(n4)nc4[n-]c(nc4-c4ccccc4)nc4csc(n4)nc2[n-]3)cc1.c1ccc(-c2nc3nc4nc(cn4-c4ccccc4)nc4[n-]c(nc4-c4ccccc4)nc4nc(cn4-c4ccccc4)nc2[n-]3)cc1. The van der Waals surface area contributed by atoms with E-state index in [1.807, 2.05) is 340 Å². The van der Waals surface area contributed by atoms with Crippen molar-refractivity contribution in [1.82, 2.24) is 163 Å². The zero-order valence-corrected chi connectivity index (χ0v) is 77.9. The van der Waals surface area contributed by atoms with Gasteiger partial charge in [0.2, 0.25) is 0 Å². The summed E-state index contributed by atoms with van der Waals surface area (Å²) in [6.45, 7) is 0. The number of imidazole rings is 9. The third-order valence-electron chi connectivity index (χ3n) is 20.5. The Labute approximate surface area is 812 Å². The van der Waals surface area contributed by atoms with Crippen molar-refractivity contribution in [3.05, 3.63) is 345 Å². The fourth-order valence-electron chi connectivity index (χ4n) is 14.6. The second-order valence-electron chi connectivity index (χ2n) is 29.3.